The molecule has 134 valence electrons. The molecule has 3 rings (SSSR count). The van der Waals surface area contributed by atoms with Crippen molar-refractivity contribution in [1.82, 2.24) is 9.55 Å². The maximum Gasteiger partial charge on any atom is 0.513 e. The van der Waals surface area contributed by atoms with Gasteiger partial charge in [0.25, 0.3) is 0 Å². The fourth-order valence-electron chi connectivity index (χ4n) is 2.73. The predicted octanol–water partition coefficient (Wildman–Crippen LogP) is 3.12. The third kappa shape index (κ3) is 3.18. The van der Waals surface area contributed by atoms with E-state index in [1.54, 1.807) is 18.5 Å². The number of aromatic nitrogens is 2. The van der Waals surface area contributed by atoms with Crippen molar-refractivity contribution in [2.45, 2.75) is 65.3 Å². The first-order valence-corrected chi connectivity index (χ1v) is 8.46. The van der Waals surface area contributed by atoms with Gasteiger partial charge in [-0.25, -0.2) is 4.79 Å². The molecule has 3 heterocycles. The van der Waals surface area contributed by atoms with Crippen LogP contribution in [0.1, 0.15) is 48.5 Å². The van der Waals surface area contributed by atoms with Crippen LogP contribution in [0.5, 0.6) is 0 Å². The van der Waals surface area contributed by atoms with Crippen molar-refractivity contribution >= 4 is 29.7 Å². The molecule has 0 radical (unpaired) electrons. The van der Waals surface area contributed by atoms with Crippen molar-refractivity contribution in [1.29, 1.82) is 0 Å². The number of nitrogens with zero attached hydrogens (tertiary/aromatic N) is 2. The summed E-state index contributed by atoms with van der Waals surface area (Å²) in [6.07, 6.45) is 2.90. The van der Waals surface area contributed by atoms with E-state index in [-0.39, 0.29) is 0 Å². The Kier molecular flexibility index (Phi) is 4.00. The van der Waals surface area contributed by atoms with Crippen LogP contribution in [0, 0.1) is 0 Å². The Labute approximate surface area is 148 Å². The fraction of sp³-hybridized carbons (Fsp3) is 0.556. The third-order valence-electron chi connectivity index (χ3n) is 4.70. The van der Waals surface area contributed by atoms with Crippen LogP contribution in [0.4, 0.5) is 4.79 Å². The molecule has 0 unspecified atom stereocenters. The molecule has 0 spiro atoms. The predicted molar refractivity (Wildman–Crippen MR) is 97.1 cm³/mol. The summed E-state index contributed by atoms with van der Waals surface area (Å²) in [5.41, 5.74) is -0.269. The van der Waals surface area contributed by atoms with E-state index < -0.39 is 30.0 Å². The second-order valence-corrected chi connectivity index (χ2v) is 8.41. The Balaban J connectivity index is 2.10. The van der Waals surface area contributed by atoms with Gasteiger partial charge in [0, 0.05) is 17.8 Å². The lowest BCUT2D eigenvalue weighted by Crippen LogP contribution is -2.43. The molecule has 1 fully saturated rings. The Morgan fingerprint density at radius 1 is 1.20 bits per heavy atom. The summed E-state index contributed by atoms with van der Waals surface area (Å²) in [7, 11) is -0.662. The van der Waals surface area contributed by atoms with E-state index in [0.29, 0.717) is 11.1 Å². The number of ether oxygens (including phenoxy) is 1. The molecule has 0 aromatic carbocycles. The zero-order valence-corrected chi connectivity index (χ0v) is 15.9. The van der Waals surface area contributed by atoms with Crippen molar-refractivity contribution in [3.63, 3.8) is 0 Å². The summed E-state index contributed by atoms with van der Waals surface area (Å²) >= 11 is 0. The molecule has 0 N–H and O–H groups in total. The maximum absolute atomic E-state index is 12.8. The summed E-state index contributed by atoms with van der Waals surface area (Å²) in [4.78, 5) is 17.0. The molecule has 1 saturated heterocycles. The first-order chi connectivity index (χ1) is 11.4. The Bertz CT molecular complexity index is 804. The zero-order chi connectivity index (χ0) is 18.6. The van der Waals surface area contributed by atoms with Crippen LogP contribution in [0.2, 0.25) is 0 Å². The lowest BCUT2D eigenvalue weighted by molar-refractivity contribution is 0.00578. The minimum Gasteiger partial charge on any atom is -0.443 e. The zero-order valence-electron chi connectivity index (χ0n) is 15.9. The van der Waals surface area contributed by atoms with Crippen molar-refractivity contribution in [3.8, 4) is 0 Å². The SMILES string of the molecule is CC(C)(C)OC(=O)n1c(B2OC(C)(C)C(C)(C)O2)cc2cnccc21. The van der Waals surface area contributed by atoms with E-state index >= 15 is 0 Å². The Morgan fingerprint density at radius 2 is 1.80 bits per heavy atom. The smallest absolute Gasteiger partial charge is 0.443 e. The molecule has 2 aromatic rings. The van der Waals surface area contributed by atoms with Crippen LogP contribution in [0.25, 0.3) is 10.9 Å². The molecule has 25 heavy (non-hydrogen) atoms. The molecule has 0 saturated carbocycles. The number of fused-ring (bicyclic) bond motifs is 1. The average molecular weight is 344 g/mol. The highest BCUT2D eigenvalue weighted by molar-refractivity contribution is 6.62. The highest BCUT2D eigenvalue weighted by atomic mass is 16.7. The van der Waals surface area contributed by atoms with E-state index in [2.05, 4.69) is 4.98 Å². The van der Waals surface area contributed by atoms with E-state index in [9.17, 15) is 4.79 Å². The number of rotatable bonds is 1. The summed E-state index contributed by atoms with van der Waals surface area (Å²) < 4.78 is 19.4. The summed E-state index contributed by atoms with van der Waals surface area (Å²) in [6.45, 7) is 13.4. The summed E-state index contributed by atoms with van der Waals surface area (Å²) in [6, 6.07) is 3.66. The van der Waals surface area contributed by atoms with Crippen LogP contribution in [0.15, 0.2) is 24.5 Å². The lowest BCUT2D eigenvalue weighted by atomic mass is 9.84. The van der Waals surface area contributed by atoms with Crippen LogP contribution in [0.3, 0.4) is 0 Å². The van der Waals surface area contributed by atoms with E-state index in [4.69, 9.17) is 14.0 Å². The fourth-order valence-corrected chi connectivity index (χ4v) is 2.73. The number of hydrogen-bond donors (Lipinski definition) is 0. The van der Waals surface area contributed by atoms with Gasteiger partial charge in [0.15, 0.2) is 0 Å². The van der Waals surface area contributed by atoms with Gasteiger partial charge < -0.3 is 14.0 Å². The molecular formula is C18H25BN2O4. The van der Waals surface area contributed by atoms with Crippen LogP contribution >= 0.6 is 0 Å². The molecule has 0 bridgehead atoms. The Morgan fingerprint density at radius 3 is 2.36 bits per heavy atom. The van der Waals surface area contributed by atoms with Gasteiger partial charge in [-0.15, -0.1) is 0 Å². The van der Waals surface area contributed by atoms with E-state index in [0.717, 1.165) is 5.39 Å². The normalized spacial score (nSPS) is 19.4. The first-order valence-electron chi connectivity index (χ1n) is 8.46. The molecule has 0 amide bonds. The van der Waals surface area contributed by atoms with Gasteiger partial charge in [0.1, 0.15) is 5.60 Å². The van der Waals surface area contributed by atoms with Gasteiger partial charge in [0.05, 0.1) is 22.3 Å². The number of carbonyl (C=O) groups is 1. The highest BCUT2D eigenvalue weighted by Gasteiger charge is 2.53. The van der Waals surface area contributed by atoms with Gasteiger partial charge in [-0.05, 0) is 60.6 Å². The topological polar surface area (TPSA) is 62.6 Å². The minimum atomic E-state index is -0.662. The van der Waals surface area contributed by atoms with Crippen LogP contribution < -0.4 is 5.59 Å². The lowest BCUT2D eigenvalue weighted by Gasteiger charge is -2.32. The van der Waals surface area contributed by atoms with E-state index in [1.165, 1.54) is 4.57 Å². The van der Waals surface area contributed by atoms with Gasteiger partial charge in [-0.3, -0.25) is 9.55 Å². The number of pyridine rings is 1. The quantitative estimate of drug-likeness (QED) is 0.744. The van der Waals surface area contributed by atoms with Crippen molar-refractivity contribution in [2.24, 2.45) is 0 Å². The van der Waals surface area contributed by atoms with Crippen LogP contribution in [-0.4, -0.2) is 39.6 Å². The van der Waals surface area contributed by atoms with Gasteiger partial charge >= 0.3 is 13.2 Å². The standard InChI is InChI=1S/C18H25BN2O4/c1-16(2,3)23-15(22)21-13-8-9-20-11-12(13)10-14(21)19-24-17(4,5)18(6,7)25-19/h8-11H,1-7H3. The molecule has 2 aromatic heterocycles. The van der Waals surface area contributed by atoms with Crippen molar-refractivity contribution in [3.05, 3.63) is 24.5 Å². The molecule has 0 atom stereocenters. The van der Waals surface area contributed by atoms with Crippen molar-refractivity contribution in [2.75, 3.05) is 0 Å². The van der Waals surface area contributed by atoms with Gasteiger partial charge in [-0.2, -0.15) is 0 Å². The number of hydrogen-bond acceptors (Lipinski definition) is 5. The van der Waals surface area contributed by atoms with Gasteiger partial charge in [-0.1, -0.05) is 0 Å². The highest BCUT2D eigenvalue weighted by Crippen LogP contribution is 2.37. The minimum absolute atomic E-state index is 0.460. The molecule has 1 aliphatic rings. The van der Waals surface area contributed by atoms with E-state index in [1.807, 2.05) is 54.5 Å². The summed E-state index contributed by atoms with van der Waals surface area (Å²) in [5.74, 6) is 0. The van der Waals surface area contributed by atoms with Crippen LogP contribution in [-0.2, 0) is 14.0 Å². The average Bonchev–Trinajstić information content (AvgIpc) is 2.92. The Hall–Kier alpha value is -1.86. The monoisotopic (exact) mass is 344 g/mol. The maximum atomic E-state index is 12.8. The number of carbonyl (C=O) groups excluding carboxylic acids is 1. The summed E-state index contributed by atoms with van der Waals surface area (Å²) in [5, 5.41) is 0.832. The van der Waals surface area contributed by atoms with Gasteiger partial charge in [0.2, 0.25) is 0 Å². The molecular weight excluding hydrogens is 319 g/mol. The second-order valence-electron chi connectivity index (χ2n) is 8.41. The van der Waals surface area contributed by atoms with Crippen molar-refractivity contribution < 1.29 is 18.8 Å². The largest absolute Gasteiger partial charge is 0.513 e. The molecule has 7 heteroatoms. The molecule has 1 aliphatic heterocycles. The molecule has 6 nitrogen and oxygen atoms in total. The molecule has 0 aliphatic carbocycles. The second kappa shape index (κ2) is 5.57. The third-order valence-corrected chi connectivity index (χ3v) is 4.70. The first kappa shape index (κ1) is 18.0.